The minimum absolute atomic E-state index is 0.116. The van der Waals surface area contributed by atoms with Crippen LogP contribution in [0.1, 0.15) is 15.9 Å². The molecule has 4 heteroatoms. The monoisotopic (exact) mass is 260 g/mol. The molecular formula is C15H13FO3. The van der Waals surface area contributed by atoms with E-state index in [0.717, 1.165) is 5.56 Å². The Morgan fingerprint density at radius 3 is 2.26 bits per heavy atom. The molecule has 0 bridgehead atoms. The van der Waals surface area contributed by atoms with Crippen molar-refractivity contribution in [2.24, 2.45) is 0 Å². The van der Waals surface area contributed by atoms with Gasteiger partial charge in [-0.25, -0.2) is 9.18 Å². The number of methoxy groups -OCH3 is 1. The normalized spacial score (nSPS) is 10.0. The van der Waals surface area contributed by atoms with Gasteiger partial charge < -0.3 is 9.47 Å². The first-order valence-corrected chi connectivity index (χ1v) is 5.74. The van der Waals surface area contributed by atoms with E-state index in [1.165, 1.54) is 12.1 Å². The molecule has 0 fully saturated rings. The average molecular weight is 260 g/mol. The van der Waals surface area contributed by atoms with E-state index in [9.17, 15) is 9.18 Å². The summed E-state index contributed by atoms with van der Waals surface area (Å²) >= 11 is 0. The molecule has 2 rings (SSSR count). The van der Waals surface area contributed by atoms with Gasteiger partial charge in [-0.2, -0.15) is 0 Å². The Balaban J connectivity index is 1.95. The van der Waals surface area contributed by atoms with Crippen LogP contribution in [0.2, 0.25) is 0 Å². The van der Waals surface area contributed by atoms with Gasteiger partial charge in [0.15, 0.2) is 0 Å². The summed E-state index contributed by atoms with van der Waals surface area (Å²) in [5.74, 6) is -0.0627. The van der Waals surface area contributed by atoms with E-state index in [2.05, 4.69) is 0 Å². The summed E-state index contributed by atoms with van der Waals surface area (Å²) in [6.45, 7) is 0.116. The maximum Gasteiger partial charge on any atom is 0.338 e. The fourth-order valence-electron chi connectivity index (χ4n) is 1.54. The molecule has 19 heavy (non-hydrogen) atoms. The Morgan fingerprint density at radius 1 is 1.05 bits per heavy atom. The van der Waals surface area contributed by atoms with E-state index in [4.69, 9.17) is 9.47 Å². The zero-order valence-electron chi connectivity index (χ0n) is 10.4. The number of carbonyl (C=O) groups excluding carboxylic acids is 1. The fourth-order valence-corrected chi connectivity index (χ4v) is 1.54. The highest BCUT2D eigenvalue weighted by atomic mass is 19.1. The van der Waals surface area contributed by atoms with Gasteiger partial charge in [0.2, 0.25) is 0 Å². The van der Waals surface area contributed by atoms with Gasteiger partial charge in [0.1, 0.15) is 18.2 Å². The minimum atomic E-state index is -0.424. The van der Waals surface area contributed by atoms with Crippen molar-refractivity contribution in [1.82, 2.24) is 0 Å². The van der Waals surface area contributed by atoms with Crippen molar-refractivity contribution in [3.63, 3.8) is 0 Å². The summed E-state index contributed by atoms with van der Waals surface area (Å²) in [4.78, 5) is 11.7. The smallest absolute Gasteiger partial charge is 0.338 e. The number of hydrogen-bond donors (Lipinski definition) is 0. The van der Waals surface area contributed by atoms with Crippen molar-refractivity contribution in [3.05, 3.63) is 65.5 Å². The van der Waals surface area contributed by atoms with Gasteiger partial charge in [-0.3, -0.25) is 0 Å². The molecule has 0 heterocycles. The summed E-state index contributed by atoms with van der Waals surface area (Å²) in [5.41, 5.74) is 1.19. The second-order valence-corrected chi connectivity index (χ2v) is 3.93. The Bertz CT molecular complexity index is 547. The minimum Gasteiger partial charge on any atom is -0.497 e. The van der Waals surface area contributed by atoms with Crippen LogP contribution in [0.5, 0.6) is 5.75 Å². The first-order chi connectivity index (χ1) is 9.19. The van der Waals surface area contributed by atoms with Crippen molar-refractivity contribution >= 4 is 5.97 Å². The number of benzene rings is 2. The zero-order chi connectivity index (χ0) is 13.7. The lowest BCUT2D eigenvalue weighted by molar-refractivity contribution is 0.0472. The van der Waals surface area contributed by atoms with Gasteiger partial charge in [-0.05, 0) is 42.0 Å². The van der Waals surface area contributed by atoms with E-state index < -0.39 is 5.97 Å². The number of carbonyl (C=O) groups is 1. The van der Waals surface area contributed by atoms with Crippen molar-refractivity contribution in [2.75, 3.05) is 7.11 Å². The third-order valence-corrected chi connectivity index (χ3v) is 2.61. The molecule has 0 aromatic heterocycles. The average Bonchev–Trinajstić information content (AvgIpc) is 2.46. The molecule has 98 valence electrons. The second kappa shape index (κ2) is 6.00. The third kappa shape index (κ3) is 3.55. The molecule has 2 aromatic rings. The maximum atomic E-state index is 12.7. The summed E-state index contributed by atoms with van der Waals surface area (Å²) in [7, 11) is 1.56. The summed E-state index contributed by atoms with van der Waals surface area (Å²) in [6, 6.07) is 12.5. The van der Waals surface area contributed by atoms with Gasteiger partial charge >= 0.3 is 5.97 Å². The molecule has 0 aliphatic rings. The van der Waals surface area contributed by atoms with Gasteiger partial charge in [0.05, 0.1) is 12.7 Å². The molecule has 0 amide bonds. The summed E-state index contributed by atoms with van der Waals surface area (Å²) in [6.07, 6.45) is 0. The molecule has 0 spiro atoms. The van der Waals surface area contributed by atoms with Crippen LogP contribution in [0.4, 0.5) is 4.39 Å². The number of ether oxygens (including phenoxy) is 2. The summed E-state index contributed by atoms with van der Waals surface area (Å²) < 4.78 is 22.8. The van der Waals surface area contributed by atoms with Crippen molar-refractivity contribution in [1.29, 1.82) is 0 Å². The maximum absolute atomic E-state index is 12.7. The molecule has 0 N–H and O–H groups in total. The first-order valence-electron chi connectivity index (χ1n) is 5.74. The Labute approximate surface area is 110 Å². The Kier molecular flexibility index (Phi) is 4.13. The highest BCUT2D eigenvalue weighted by molar-refractivity contribution is 5.89. The van der Waals surface area contributed by atoms with Crippen molar-refractivity contribution < 1.29 is 18.7 Å². The Hall–Kier alpha value is -2.36. The molecule has 0 saturated heterocycles. The Morgan fingerprint density at radius 2 is 1.68 bits per heavy atom. The predicted octanol–water partition coefficient (Wildman–Crippen LogP) is 3.19. The van der Waals surface area contributed by atoms with Crippen LogP contribution in [-0.2, 0) is 11.3 Å². The van der Waals surface area contributed by atoms with Crippen LogP contribution in [0.15, 0.2) is 48.5 Å². The van der Waals surface area contributed by atoms with Crippen LogP contribution < -0.4 is 4.74 Å². The van der Waals surface area contributed by atoms with E-state index in [0.29, 0.717) is 11.3 Å². The number of rotatable bonds is 4. The molecule has 0 unspecified atom stereocenters. The third-order valence-electron chi connectivity index (χ3n) is 2.61. The number of esters is 1. The van der Waals surface area contributed by atoms with Gasteiger partial charge in [0.25, 0.3) is 0 Å². The number of halogens is 1. The predicted molar refractivity (Wildman–Crippen MR) is 68.5 cm³/mol. The lowest BCUT2D eigenvalue weighted by Crippen LogP contribution is -2.05. The van der Waals surface area contributed by atoms with E-state index in [-0.39, 0.29) is 12.4 Å². The van der Waals surface area contributed by atoms with Crippen LogP contribution >= 0.6 is 0 Å². The molecule has 0 aliphatic carbocycles. The van der Waals surface area contributed by atoms with Crippen LogP contribution in [-0.4, -0.2) is 13.1 Å². The van der Waals surface area contributed by atoms with Crippen LogP contribution in [0, 0.1) is 5.82 Å². The van der Waals surface area contributed by atoms with Gasteiger partial charge in [0, 0.05) is 0 Å². The van der Waals surface area contributed by atoms with Crippen LogP contribution in [0.25, 0.3) is 0 Å². The van der Waals surface area contributed by atoms with Crippen LogP contribution in [0.3, 0.4) is 0 Å². The lowest BCUT2D eigenvalue weighted by atomic mass is 10.2. The topological polar surface area (TPSA) is 35.5 Å². The molecule has 0 atom stereocenters. The van der Waals surface area contributed by atoms with Gasteiger partial charge in [-0.15, -0.1) is 0 Å². The van der Waals surface area contributed by atoms with E-state index in [1.54, 1.807) is 43.5 Å². The zero-order valence-corrected chi connectivity index (χ0v) is 10.4. The molecule has 0 saturated carbocycles. The second-order valence-electron chi connectivity index (χ2n) is 3.93. The molecule has 3 nitrogen and oxygen atoms in total. The van der Waals surface area contributed by atoms with E-state index >= 15 is 0 Å². The summed E-state index contributed by atoms with van der Waals surface area (Å²) in [5, 5.41) is 0. The fraction of sp³-hybridized carbons (Fsp3) is 0.133. The molecular weight excluding hydrogens is 247 g/mol. The quantitative estimate of drug-likeness (QED) is 0.792. The molecule has 0 aliphatic heterocycles. The largest absolute Gasteiger partial charge is 0.497 e. The lowest BCUT2D eigenvalue weighted by Gasteiger charge is -2.05. The highest BCUT2D eigenvalue weighted by Crippen LogP contribution is 2.13. The molecule has 2 aromatic carbocycles. The number of hydrogen-bond acceptors (Lipinski definition) is 3. The van der Waals surface area contributed by atoms with Crippen molar-refractivity contribution in [2.45, 2.75) is 6.61 Å². The van der Waals surface area contributed by atoms with Crippen molar-refractivity contribution in [3.8, 4) is 5.75 Å². The highest BCUT2D eigenvalue weighted by Gasteiger charge is 2.07. The molecule has 0 radical (unpaired) electrons. The van der Waals surface area contributed by atoms with Gasteiger partial charge in [-0.1, -0.05) is 12.1 Å². The first kappa shape index (κ1) is 13.1. The van der Waals surface area contributed by atoms with E-state index in [1.807, 2.05) is 0 Å². The SMILES string of the molecule is COc1ccc(C(=O)OCc2ccc(F)cc2)cc1. The standard InChI is InChI=1S/C15H13FO3/c1-18-14-8-4-12(5-9-14)15(17)19-10-11-2-6-13(16)7-3-11/h2-9H,10H2,1H3.